The van der Waals surface area contributed by atoms with Gasteiger partial charge in [0.1, 0.15) is 0 Å². The number of hydrogen-bond donors (Lipinski definition) is 2. The third kappa shape index (κ3) is 3.22. The van der Waals surface area contributed by atoms with Crippen molar-refractivity contribution in [3.05, 3.63) is 28.8 Å². The molecular formula is C16H20IN2O2-. The summed E-state index contributed by atoms with van der Waals surface area (Å²) < 4.78 is 6.87. The molecule has 1 aliphatic carbocycles. The molecule has 1 unspecified atom stereocenters. The van der Waals surface area contributed by atoms with E-state index in [0.717, 1.165) is 5.69 Å². The second kappa shape index (κ2) is 6.34. The number of methoxy groups -OCH3 is 1. The summed E-state index contributed by atoms with van der Waals surface area (Å²) in [4.78, 5) is 12.0. The zero-order valence-corrected chi connectivity index (χ0v) is 14.3. The number of hydrogen-bond acceptors (Lipinski definition) is 4. The number of ether oxygens (including phenoxy) is 1. The fourth-order valence-electron chi connectivity index (χ4n) is 2.92. The number of carbonyl (C=O) groups is 1. The third-order valence-corrected chi connectivity index (χ3v) is 6.62. The summed E-state index contributed by atoms with van der Waals surface area (Å²) in [5.41, 5.74) is 3.37. The summed E-state index contributed by atoms with van der Waals surface area (Å²) in [5, 5.41) is 11.3. The van der Waals surface area contributed by atoms with E-state index < -0.39 is 0 Å². The van der Waals surface area contributed by atoms with Crippen LogP contribution in [0.15, 0.2) is 12.1 Å². The molecule has 2 N–H and O–H groups in total. The van der Waals surface area contributed by atoms with E-state index in [1.807, 2.05) is 6.07 Å². The molecule has 5 heteroatoms. The monoisotopic (exact) mass is 399 g/mol. The average molecular weight is 399 g/mol. The molecule has 0 aromatic heterocycles. The van der Waals surface area contributed by atoms with Gasteiger partial charge in [0, 0.05) is 0 Å². The number of esters is 1. The van der Waals surface area contributed by atoms with E-state index in [-0.39, 0.29) is 27.2 Å². The van der Waals surface area contributed by atoms with Crippen LogP contribution in [0.5, 0.6) is 0 Å². The predicted molar refractivity (Wildman–Crippen MR) is 79.2 cm³/mol. The fraction of sp³-hybridized carbons (Fsp3) is 0.500. The van der Waals surface area contributed by atoms with Gasteiger partial charge in [0.2, 0.25) is 0 Å². The molecule has 4 nitrogen and oxygen atoms in total. The van der Waals surface area contributed by atoms with Gasteiger partial charge in [-0.15, -0.1) is 0 Å². The summed E-state index contributed by atoms with van der Waals surface area (Å²) in [6.07, 6.45) is 6.14. The van der Waals surface area contributed by atoms with E-state index in [9.17, 15) is 4.79 Å². The second-order valence-corrected chi connectivity index (χ2v) is 8.83. The Bertz CT molecular complexity index is 564. The van der Waals surface area contributed by atoms with E-state index in [4.69, 9.17) is 10.1 Å². The number of benzene rings is 1. The molecule has 21 heavy (non-hydrogen) atoms. The number of anilines is 1. The summed E-state index contributed by atoms with van der Waals surface area (Å²) in [5.74, 6) is -0.344. The maximum absolute atomic E-state index is 12.0. The summed E-state index contributed by atoms with van der Waals surface area (Å²) >= 11 is 0.278. The van der Waals surface area contributed by atoms with Crippen LogP contribution in [-0.2, 0) is 4.74 Å². The van der Waals surface area contributed by atoms with Crippen molar-refractivity contribution < 1.29 is 30.7 Å². The number of carbonyl (C=O) groups excluding carboxylic acids is 1. The fourth-order valence-corrected chi connectivity index (χ4v) is 4.55. The molecule has 1 aliphatic heterocycles. The molecule has 0 spiro atoms. The van der Waals surface area contributed by atoms with E-state index in [1.54, 1.807) is 0 Å². The van der Waals surface area contributed by atoms with Crippen LogP contribution in [0.4, 0.5) is 5.69 Å². The topological polar surface area (TPSA) is 62.2 Å². The quantitative estimate of drug-likeness (QED) is 0.317. The molecular weight excluding hydrogens is 379 g/mol. The van der Waals surface area contributed by atoms with Crippen LogP contribution in [0.2, 0.25) is 0 Å². The van der Waals surface area contributed by atoms with E-state index in [1.165, 1.54) is 49.0 Å². The Labute approximate surface area is 135 Å². The zero-order chi connectivity index (χ0) is 14.8. The van der Waals surface area contributed by atoms with Gasteiger partial charge in [-0.05, 0) is 0 Å². The standard InChI is InChI=1S/C16H20IN2O2/c1-21-16(20)12-6-10(14-8-17-14)7-15(13(12)9-18)19-11-4-2-3-5-11/h6-7,9,11,14,18-19H,2-5,8H2,1H3/q-1. The number of halogens is 1. The van der Waals surface area contributed by atoms with Crippen molar-refractivity contribution in [1.82, 2.24) is 0 Å². The van der Waals surface area contributed by atoms with Crippen LogP contribution >= 0.6 is 0 Å². The molecule has 114 valence electrons. The Morgan fingerprint density at radius 3 is 2.71 bits per heavy atom. The van der Waals surface area contributed by atoms with Crippen molar-refractivity contribution >= 4 is 17.9 Å². The predicted octanol–water partition coefficient (Wildman–Crippen LogP) is -0.0309. The van der Waals surface area contributed by atoms with Crippen molar-refractivity contribution in [3.8, 4) is 0 Å². The van der Waals surface area contributed by atoms with Crippen molar-refractivity contribution in [3.63, 3.8) is 0 Å². The van der Waals surface area contributed by atoms with Gasteiger partial charge < -0.3 is 0 Å². The summed E-state index contributed by atoms with van der Waals surface area (Å²) in [7, 11) is 1.40. The van der Waals surface area contributed by atoms with Gasteiger partial charge in [-0.3, -0.25) is 0 Å². The molecule has 2 aliphatic rings. The zero-order valence-electron chi connectivity index (χ0n) is 12.1. The number of rotatable bonds is 5. The van der Waals surface area contributed by atoms with Gasteiger partial charge in [-0.2, -0.15) is 0 Å². The summed E-state index contributed by atoms with van der Waals surface area (Å²) in [6.45, 7) is 0. The number of nitrogens with one attached hydrogen (secondary N) is 2. The van der Waals surface area contributed by atoms with Crippen molar-refractivity contribution in [2.24, 2.45) is 0 Å². The first-order chi connectivity index (χ1) is 10.2. The molecule has 1 aromatic rings. The van der Waals surface area contributed by atoms with Crippen LogP contribution in [0.3, 0.4) is 0 Å². The number of alkyl halides is 2. The van der Waals surface area contributed by atoms with Gasteiger partial charge in [0.25, 0.3) is 0 Å². The normalized spacial score (nSPS) is 21.5. The van der Waals surface area contributed by atoms with Gasteiger partial charge in [-0.25, -0.2) is 0 Å². The molecule has 3 rings (SSSR count). The van der Waals surface area contributed by atoms with Crippen molar-refractivity contribution in [2.45, 2.75) is 35.6 Å². The van der Waals surface area contributed by atoms with Crippen molar-refractivity contribution in [2.75, 3.05) is 16.9 Å². The molecule has 0 amide bonds. The Kier molecular flexibility index (Phi) is 4.47. The second-order valence-electron chi connectivity index (χ2n) is 5.57. The van der Waals surface area contributed by atoms with Crippen LogP contribution < -0.4 is 26.5 Å². The average Bonchev–Trinajstić information content (AvgIpc) is 3.24. The molecule has 1 saturated heterocycles. The minimum atomic E-state index is -0.344. The molecule has 0 radical (unpaired) electrons. The maximum atomic E-state index is 12.0. The van der Waals surface area contributed by atoms with Crippen LogP contribution in [0.25, 0.3) is 0 Å². The van der Waals surface area contributed by atoms with Gasteiger partial charge in [0.05, 0.1) is 0 Å². The molecule has 1 aromatic carbocycles. The first kappa shape index (κ1) is 14.8. The molecule has 1 saturated carbocycles. The minimum absolute atomic E-state index is 0.278. The van der Waals surface area contributed by atoms with E-state index in [0.29, 0.717) is 21.1 Å². The molecule has 2 fully saturated rings. The third-order valence-electron chi connectivity index (χ3n) is 4.14. The van der Waals surface area contributed by atoms with Gasteiger partial charge >= 0.3 is 135 Å². The summed E-state index contributed by atoms with van der Waals surface area (Å²) in [6, 6.07) is 4.56. The van der Waals surface area contributed by atoms with Crippen LogP contribution in [-0.4, -0.2) is 29.8 Å². The molecule has 1 atom stereocenters. The van der Waals surface area contributed by atoms with Crippen molar-refractivity contribution in [1.29, 1.82) is 5.41 Å². The molecule has 0 bridgehead atoms. The van der Waals surface area contributed by atoms with Crippen LogP contribution in [0.1, 0.15) is 51.1 Å². The van der Waals surface area contributed by atoms with Gasteiger partial charge in [-0.1, -0.05) is 0 Å². The Hall–Kier alpha value is -1.11. The Morgan fingerprint density at radius 1 is 1.43 bits per heavy atom. The Balaban J connectivity index is 1.99. The SMILES string of the molecule is COC(=O)c1cc(C2C[I-]2)cc(NC2CCCC2)c1C=N. The first-order valence-corrected chi connectivity index (χ1v) is 10.1. The van der Waals surface area contributed by atoms with E-state index in [2.05, 4.69) is 11.4 Å². The van der Waals surface area contributed by atoms with Gasteiger partial charge in [0.15, 0.2) is 0 Å². The van der Waals surface area contributed by atoms with Crippen LogP contribution in [0, 0.1) is 5.41 Å². The molecule has 1 heterocycles. The van der Waals surface area contributed by atoms with E-state index >= 15 is 0 Å². The first-order valence-electron chi connectivity index (χ1n) is 7.34. The Morgan fingerprint density at radius 2 is 2.14 bits per heavy atom.